The summed E-state index contributed by atoms with van der Waals surface area (Å²) in [4.78, 5) is 0. The molecule has 2 saturated heterocycles. The topological polar surface area (TPSA) is 68.2 Å². The van der Waals surface area contributed by atoms with E-state index in [1.165, 1.54) is 0 Å². The van der Waals surface area contributed by atoms with Crippen molar-refractivity contribution in [1.29, 1.82) is 0 Å². The predicted octanol–water partition coefficient (Wildman–Crippen LogP) is 0.569. The summed E-state index contributed by atoms with van der Waals surface area (Å²) in [5.41, 5.74) is 0.911. The zero-order valence-electron chi connectivity index (χ0n) is 9.81. The predicted molar refractivity (Wildman–Crippen MR) is 61.5 cm³/mol. The van der Waals surface area contributed by atoms with Gasteiger partial charge in [0.05, 0.1) is 12.7 Å². The smallest absolute Gasteiger partial charge is 0.184 e. The van der Waals surface area contributed by atoms with Gasteiger partial charge in [-0.05, 0) is 0 Å². The van der Waals surface area contributed by atoms with Crippen LogP contribution in [0.5, 0.6) is 0 Å². The molecule has 18 heavy (non-hydrogen) atoms. The minimum atomic E-state index is -0.943. The van der Waals surface area contributed by atoms with Gasteiger partial charge in [0.15, 0.2) is 12.6 Å². The molecule has 5 nitrogen and oxygen atoms in total. The van der Waals surface area contributed by atoms with Crippen LogP contribution in [0.1, 0.15) is 18.3 Å². The molecule has 1 aromatic rings. The zero-order valence-corrected chi connectivity index (χ0v) is 9.81. The zero-order chi connectivity index (χ0) is 12.5. The normalized spacial score (nSPS) is 40.2. The molecule has 5 atom stereocenters. The summed E-state index contributed by atoms with van der Waals surface area (Å²) in [5.74, 6) is 0. The number of aliphatic hydroxyl groups is 2. The van der Waals surface area contributed by atoms with Crippen LogP contribution in [0.3, 0.4) is 0 Å². The number of benzene rings is 1. The van der Waals surface area contributed by atoms with Crippen LogP contribution in [0.4, 0.5) is 0 Å². The van der Waals surface area contributed by atoms with Gasteiger partial charge < -0.3 is 24.4 Å². The molecule has 0 aliphatic carbocycles. The third-order valence-electron chi connectivity index (χ3n) is 3.29. The summed E-state index contributed by atoms with van der Waals surface area (Å²) in [7, 11) is 0. The van der Waals surface area contributed by atoms with Crippen molar-refractivity contribution in [2.75, 3.05) is 6.61 Å². The van der Waals surface area contributed by atoms with Crippen LogP contribution in [-0.2, 0) is 14.2 Å². The number of fused-ring (bicyclic) bond motifs is 1. The second-order valence-corrected chi connectivity index (χ2v) is 4.61. The molecule has 2 aliphatic rings. The molecule has 5 heteroatoms. The molecule has 0 saturated carbocycles. The van der Waals surface area contributed by atoms with Gasteiger partial charge in [-0.1, -0.05) is 30.3 Å². The Kier molecular flexibility index (Phi) is 3.32. The maximum absolute atomic E-state index is 9.92. The first-order chi connectivity index (χ1) is 8.74. The highest BCUT2D eigenvalue weighted by Gasteiger charge is 2.43. The highest BCUT2D eigenvalue weighted by atomic mass is 16.7. The van der Waals surface area contributed by atoms with Gasteiger partial charge in [-0.3, -0.25) is 0 Å². The fourth-order valence-electron chi connectivity index (χ4n) is 2.38. The van der Waals surface area contributed by atoms with Crippen LogP contribution >= 0.6 is 0 Å². The van der Waals surface area contributed by atoms with Crippen molar-refractivity contribution in [2.24, 2.45) is 0 Å². The minimum Gasteiger partial charge on any atom is -0.390 e. The maximum Gasteiger partial charge on any atom is 0.184 e. The number of ether oxygens (including phenoxy) is 3. The highest BCUT2D eigenvalue weighted by Crippen LogP contribution is 2.33. The van der Waals surface area contributed by atoms with Crippen molar-refractivity contribution in [3.63, 3.8) is 0 Å². The van der Waals surface area contributed by atoms with E-state index in [9.17, 15) is 10.2 Å². The molecule has 0 aromatic heterocycles. The van der Waals surface area contributed by atoms with Crippen molar-refractivity contribution >= 4 is 0 Å². The van der Waals surface area contributed by atoms with Gasteiger partial charge in [0.2, 0.25) is 0 Å². The molecule has 2 fully saturated rings. The Morgan fingerprint density at radius 3 is 2.61 bits per heavy atom. The number of rotatable bonds is 1. The van der Waals surface area contributed by atoms with E-state index >= 15 is 0 Å². The molecule has 98 valence electrons. The average Bonchev–Trinajstić information content (AvgIpc) is 2.39. The van der Waals surface area contributed by atoms with Crippen molar-refractivity contribution in [2.45, 2.75) is 37.3 Å². The van der Waals surface area contributed by atoms with E-state index in [1.807, 2.05) is 30.3 Å². The molecule has 1 aromatic carbocycles. The standard InChI is InChI=1S/C13H16O5/c14-9-6-11(15)17-10-7-16-13(18-12(9)10)8-4-2-1-3-5-8/h1-5,9-15H,6-7H2/t9-,10-,11?,12-,13?/m1/s1. The summed E-state index contributed by atoms with van der Waals surface area (Å²) in [5, 5.41) is 19.3. The first-order valence-corrected chi connectivity index (χ1v) is 6.07. The summed E-state index contributed by atoms with van der Waals surface area (Å²) in [6.07, 6.45) is -2.85. The van der Waals surface area contributed by atoms with E-state index in [-0.39, 0.29) is 6.42 Å². The molecule has 2 N–H and O–H groups in total. The Hall–Kier alpha value is -0.980. The molecule has 0 spiro atoms. The minimum absolute atomic E-state index is 0.169. The summed E-state index contributed by atoms with van der Waals surface area (Å²) < 4.78 is 16.6. The molecule has 3 rings (SSSR count). The Labute approximate surface area is 105 Å². The van der Waals surface area contributed by atoms with Gasteiger partial charge in [0.25, 0.3) is 0 Å². The van der Waals surface area contributed by atoms with Crippen LogP contribution in [0.15, 0.2) is 30.3 Å². The van der Waals surface area contributed by atoms with E-state index in [1.54, 1.807) is 0 Å². The summed E-state index contributed by atoms with van der Waals surface area (Å²) in [6, 6.07) is 9.56. The van der Waals surface area contributed by atoms with Crippen molar-refractivity contribution in [3.8, 4) is 0 Å². The SMILES string of the molecule is OC1C[C@@H](O)[C@H]2OC(c3ccccc3)OC[C@H]2O1. The third-order valence-corrected chi connectivity index (χ3v) is 3.29. The van der Waals surface area contributed by atoms with Gasteiger partial charge in [0, 0.05) is 12.0 Å². The fourth-order valence-corrected chi connectivity index (χ4v) is 2.38. The van der Waals surface area contributed by atoms with E-state index in [4.69, 9.17) is 14.2 Å². The summed E-state index contributed by atoms with van der Waals surface area (Å²) in [6.45, 7) is 0.304. The molecule has 2 heterocycles. The van der Waals surface area contributed by atoms with E-state index < -0.39 is 30.9 Å². The highest BCUT2D eigenvalue weighted by molar-refractivity contribution is 5.16. The molecular weight excluding hydrogens is 236 g/mol. The molecule has 0 bridgehead atoms. The van der Waals surface area contributed by atoms with Crippen LogP contribution < -0.4 is 0 Å². The number of aliphatic hydroxyl groups excluding tert-OH is 2. The Bertz CT molecular complexity index is 396. The van der Waals surface area contributed by atoms with Crippen LogP contribution in [0, 0.1) is 0 Å². The lowest BCUT2D eigenvalue weighted by Gasteiger charge is -2.43. The van der Waals surface area contributed by atoms with E-state index in [0.717, 1.165) is 5.56 Å². The Morgan fingerprint density at radius 2 is 1.83 bits per heavy atom. The van der Waals surface area contributed by atoms with Crippen molar-refractivity contribution in [1.82, 2.24) is 0 Å². The maximum atomic E-state index is 9.92. The first kappa shape index (κ1) is 12.1. The molecule has 2 aliphatic heterocycles. The third kappa shape index (κ3) is 2.28. The molecular formula is C13H16O5. The molecule has 0 amide bonds. The van der Waals surface area contributed by atoms with Gasteiger partial charge in [-0.2, -0.15) is 0 Å². The Morgan fingerprint density at radius 1 is 1.06 bits per heavy atom. The lowest BCUT2D eigenvalue weighted by Crippen LogP contribution is -2.54. The monoisotopic (exact) mass is 252 g/mol. The van der Waals surface area contributed by atoms with E-state index in [0.29, 0.717) is 6.61 Å². The van der Waals surface area contributed by atoms with Crippen molar-refractivity contribution in [3.05, 3.63) is 35.9 Å². The van der Waals surface area contributed by atoms with Crippen LogP contribution in [0.2, 0.25) is 0 Å². The van der Waals surface area contributed by atoms with Gasteiger partial charge in [0.1, 0.15) is 12.2 Å². The van der Waals surface area contributed by atoms with Gasteiger partial charge in [-0.15, -0.1) is 0 Å². The molecule has 2 unspecified atom stereocenters. The molecule has 0 radical (unpaired) electrons. The fraction of sp³-hybridized carbons (Fsp3) is 0.538. The van der Waals surface area contributed by atoms with Crippen molar-refractivity contribution < 1.29 is 24.4 Å². The average molecular weight is 252 g/mol. The summed E-state index contributed by atoms with van der Waals surface area (Å²) >= 11 is 0. The Balaban J connectivity index is 1.73. The largest absolute Gasteiger partial charge is 0.390 e. The van der Waals surface area contributed by atoms with Gasteiger partial charge >= 0.3 is 0 Å². The first-order valence-electron chi connectivity index (χ1n) is 6.07. The number of hydrogen-bond acceptors (Lipinski definition) is 5. The lowest BCUT2D eigenvalue weighted by atomic mass is 10.0. The van der Waals surface area contributed by atoms with E-state index in [2.05, 4.69) is 0 Å². The number of hydrogen-bond donors (Lipinski definition) is 2. The second kappa shape index (κ2) is 4.95. The van der Waals surface area contributed by atoms with Crippen LogP contribution in [-0.4, -0.2) is 41.4 Å². The van der Waals surface area contributed by atoms with Gasteiger partial charge in [-0.25, -0.2) is 0 Å². The lowest BCUT2D eigenvalue weighted by molar-refractivity contribution is -0.331. The quantitative estimate of drug-likeness (QED) is 0.764. The second-order valence-electron chi connectivity index (χ2n) is 4.61. The van der Waals surface area contributed by atoms with Crippen LogP contribution in [0.25, 0.3) is 0 Å².